The number of oxime groups is 1. The van der Waals surface area contributed by atoms with Crippen molar-refractivity contribution in [1.29, 1.82) is 0 Å². The fraction of sp³-hybridized carbons (Fsp3) is 0.956. The summed E-state index contributed by atoms with van der Waals surface area (Å²) >= 11 is 0. The molecule has 0 saturated carbocycles. The lowest BCUT2D eigenvalue weighted by Gasteiger charge is -2.49. The second-order valence-corrected chi connectivity index (χ2v) is 25.6. The second kappa shape index (κ2) is 20.5. The van der Waals surface area contributed by atoms with Crippen LogP contribution < -0.4 is 0 Å². The molecule has 18 atom stereocenters. The van der Waals surface area contributed by atoms with Crippen LogP contribution in [0, 0.1) is 29.6 Å². The molecule has 3 fully saturated rings. The van der Waals surface area contributed by atoms with E-state index in [2.05, 4.69) is 40.8 Å². The molecule has 3 saturated heterocycles. The van der Waals surface area contributed by atoms with Crippen molar-refractivity contribution >= 4 is 20.0 Å². The molecule has 3 heterocycles. The zero-order chi connectivity index (χ0) is 47.0. The molecule has 358 valence electrons. The van der Waals surface area contributed by atoms with Gasteiger partial charge in [-0.1, -0.05) is 55.4 Å². The largest absolute Gasteiger partial charge is 0.459 e. The Hall–Kier alpha value is -1.28. The predicted molar refractivity (Wildman–Crippen MR) is 236 cm³/mol. The van der Waals surface area contributed by atoms with E-state index in [-0.39, 0.29) is 42.4 Å². The molecule has 3 aliphatic heterocycles. The van der Waals surface area contributed by atoms with Gasteiger partial charge < -0.3 is 63.4 Å². The maximum atomic E-state index is 14.5. The number of rotatable bonds is 11. The van der Waals surface area contributed by atoms with Crippen molar-refractivity contribution in [3.63, 3.8) is 0 Å². The number of hydrogen-bond acceptors (Lipinski definition) is 15. The molecule has 0 radical (unpaired) electrons. The van der Waals surface area contributed by atoms with Gasteiger partial charge in [-0.15, -0.1) is 5.16 Å². The summed E-state index contributed by atoms with van der Waals surface area (Å²) in [7, 11) is 2.68. The van der Waals surface area contributed by atoms with Crippen molar-refractivity contribution < 1.29 is 63.3 Å². The van der Waals surface area contributed by atoms with Crippen molar-refractivity contribution in [3.05, 3.63) is 0 Å². The Kier molecular flexibility index (Phi) is 18.2. The molecular formula is C45H86N2O13Si. The monoisotopic (exact) mass is 891 g/mol. The number of aliphatic hydroxyl groups excluding tert-OH is 3. The van der Waals surface area contributed by atoms with Crippen molar-refractivity contribution in [2.24, 2.45) is 34.7 Å². The third-order valence-electron chi connectivity index (χ3n) is 15.2. The van der Waals surface area contributed by atoms with Gasteiger partial charge >= 0.3 is 5.97 Å². The highest BCUT2D eigenvalue weighted by atomic mass is 28.4. The summed E-state index contributed by atoms with van der Waals surface area (Å²) in [5.41, 5.74) is -4.32. The van der Waals surface area contributed by atoms with E-state index in [0.29, 0.717) is 12.1 Å². The Morgan fingerprint density at radius 2 is 1.52 bits per heavy atom. The van der Waals surface area contributed by atoms with Crippen LogP contribution in [-0.2, 0) is 37.7 Å². The summed E-state index contributed by atoms with van der Waals surface area (Å²) in [5.74, 6) is -3.71. The molecule has 0 aromatic rings. The first kappa shape index (κ1) is 54.1. The quantitative estimate of drug-likeness (QED) is 0.103. The van der Waals surface area contributed by atoms with E-state index in [1.54, 1.807) is 41.5 Å². The van der Waals surface area contributed by atoms with E-state index >= 15 is 0 Å². The molecule has 0 aliphatic carbocycles. The first-order chi connectivity index (χ1) is 27.8. The van der Waals surface area contributed by atoms with Crippen LogP contribution in [0.3, 0.4) is 0 Å². The summed E-state index contributed by atoms with van der Waals surface area (Å²) in [4.78, 5) is 16.4. The van der Waals surface area contributed by atoms with E-state index in [9.17, 15) is 30.3 Å². The maximum absolute atomic E-state index is 14.5. The van der Waals surface area contributed by atoms with Gasteiger partial charge in [0.25, 0.3) is 8.32 Å². The van der Waals surface area contributed by atoms with Crippen LogP contribution in [0.15, 0.2) is 5.16 Å². The number of hydrogen-bond donors (Lipinski definition) is 5. The number of carbonyl (C=O) groups excluding carboxylic acids is 1. The Bertz CT molecular complexity index is 1460. The number of aliphatic hydroxyl groups is 5. The normalized spacial score (nSPS) is 44.9. The summed E-state index contributed by atoms with van der Waals surface area (Å²) in [5, 5.41) is 64.6. The van der Waals surface area contributed by atoms with Gasteiger partial charge in [-0.3, -0.25) is 4.79 Å². The average Bonchev–Trinajstić information content (AvgIpc) is 3.15. The molecule has 5 N–H and O–H groups in total. The number of cyclic esters (lactones) is 1. The van der Waals surface area contributed by atoms with Crippen LogP contribution in [0.1, 0.15) is 123 Å². The molecule has 0 spiro atoms. The van der Waals surface area contributed by atoms with Gasteiger partial charge in [0.15, 0.2) is 12.6 Å². The summed E-state index contributed by atoms with van der Waals surface area (Å²) in [6, 6.07) is -0.317. The van der Waals surface area contributed by atoms with Crippen molar-refractivity contribution in [1.82, 2.24) is 4.90 Å². The maximum Gasteiger partial charge on any atom is 0.311 e. The second-order valence-electron chi connectivity index (χ2n) is 21.1. The van der Waals surface area contributed by atoms with Gasteiger partial charge in [0.05, 0.1) is 53.4 Å². The zero-order valence-corrected chi connectivity index (χ0v) is 42.0. The molecule has 0 aromatic carbocycles. The third kappa shape index (κ3) is 11.8. The minimum atomic E-state index is -2.58. The Balaban J connectivity index is 2.31. The lowest BCUT2D eigenvalue weighted by atomic mass is 9.73. The summed E-state index contributed by atoms with van der Waals surface area (Å²) in [6.45, 7) is 30.2. The van der Waals surface area contributed by atoms with Crippen LogP contribution in [0.4, 0.5) is 0 Å². The fourth-order valence-electron chi connectivity index (χ4n) is 9.57. The van der Waals surface area contributed by atoms with Crippen LogP contribution in [0.2, 0.25) is 18.1 Å². The highest BCUT2D eigenvalue weighted by Crippen LogP contribution is 2.46. The van der Waals surface area contributed by atoms with Crippen LogP contribution in [-0.4, -0.2) is 156 Å². The van der Waals surface area contributed by atoms with Crippen molar-refractivity contribution in [2.45, 2.75) is 225 Å². The van der Waals surface area contributed by atoms with Crippen molar-refractivity contribution in [3.8, 4) is 0 Å². The minimum Gasteiger partial charge on any atom is -0.459 e. The zero-order valence-electron chi connectivity index (χ0n) is 41.0. The summed E-state index contributed by atoms with van der Waals surface area (Å²) in [6.07, 6.45) is -9.24. The highest BCUT2D eigenvalue weighted by molar-refractivity contribution is 6.74. The van der Waals surface area contributed by atoms with Gasteiger partial charge in [0, 0.05) is 37.3 Å². The third-order valence-corrected chi connectivity index (χ3v) is 19.5. The van der Waals surface area contributed by atoms with Crippen LogP contribution in [0.5, 0.6) is 0 Å². The van der Waals surface area contributed by atoms with Gasteiger partial charge in [-0.2, -0.15) is 0 Å². The summed E-state index contributed by atoms with van der Waals surface area (Å²) < 4.78 is 44.6. The molecule has 0 amide bonds. The number of ether oxygens (including phenoxy) is 6. The molecule has 3 rings (SSSR count). The highest BCUT2D eigenvalue weighted by Gasteiger charge is 2.54. The molecule has 16 heteroatoms. The topological polar surface area (TPSA) is 198 Å². The SMILES string of the molecule is CCC1OC(=O)[C@H](C)C(O[C@H]2C[C@@](C)(OC)[C@@H](O)[C@H](C)O2)[C@H](C)[C@@H](O[C@@H]2O[C@H](C)C[C@H](N(C)C)[C@H]2O)[C@](C)(O)C[C@@H](C)/C(=N\O[Si](C)(C)C(C)(C)C(C)C)[C@H](C)[C@@H](O)[C@]1(C)O. The molecule has 61 heavy (non-hydrogen) atoms. The number of methoxy groups -OCH3 is 1. The first-order valence-electron chi connectivity index (χ1n) is 22.6. The minimum absolute atomic E-state index is 0.0160. The van der Waals surface area contributed by atoms with Gasteiger partial charge in [-0.25, -0.2) is 0 Å². The van der Waals surface area contributed by atoms with Crippen LogP contribution in [0.25, 0.3) is 0 Å². The Labute approximate surface area is 368 Å². The van der Waals surface area contributed by atoms with E-state index in [1.165, 1.54) is 14.0 Å². The lowest BCUT2D eigenvalue weighted by Crippen LogP contribution is -2.61. The molecule has 0 bridgehead atoms. The van der Waals surface area contributed by atoms with Gasteiger partial charge in [-0.05, 0) is 99.0 Å². The van der Waals surface area contributed by atoms with E-state index in [1.807, 2.05) is 39.8 Å². The van der Waals surface area contributed by atoms with E-state index in [0.717, 1.165) is 0 Å². The van der Waals surface area contributed by atoms with E-state index in [4.69, 9.17) is 38.1 Å². The molecule has 2 unspecified atom stereocenters. The van der Waals surface area contributed by atoms with Crippen LogP contribution >= 0.6 is 0 Å². The molecular weight excluding hydrogens is 805 g/mol. The van der Waals surface area contributed by atoms with E-state index < -0.39 is 110 Å². The lowest BCUT2D eigenvalue weighted by molar-refractivity contribution is -0.317. The Morgan fingerprint density at radius 1 is 0.934 bits per heavy atom. The standard InChI is InChI=1S/C45H86N2O13Si/c1-20-32-45(14,53)37(49)27(6)34(46-60-61(18,19)42(10,11)24(2)3)25(4)22-43(12,52)39(59-41-35(48)31(47(15)16)21-26(5)55-41)28(7)36(29(8)40(51)57-32)58-33-23-44(13,54-17)38(50)30(9)56-33/h24-33,35-39,41,48-50,52-53H,20-23H2,1-19H3/b46-34+/t25-,26-,27+,28+,29-,30+,31+,32?,33+,35-,36?,37-,38+,39-,41+,43-,44-,45-/m1/s1. The van der Waals surface area contributed by atoms with Gasteiger partial charge in [0.1, 0.15) is 23.9 Å². The molecule has 15 nitrogen and oxygen atoms in total. The number of likely N-dealkylation sites (N-methyl/N-ethyl adjacent to an activating group) is 1. The van der Waals surface area contributed by atoms with Crippen molar-refractivity contribution in [2.75, 3.05) is 21.2 Å². The Morgan fingerprint density at radius 3 is 2.05 bits per heavy atom. The first-order valence-corrected chi connectivity index (χ1v) is 25.5. The smallest absolute Gasteiger partial charge is 0.311 e. The fourth-order valence-corrected chi connectivity index (χ4v) is 11.5. The molecule has 0 aromatic heterocycles. The average molecular weight is 891 g/mol. The van der Waals surface area contributed by atoms with Gasteiger partial charge in [0.2, 0.25) is 0 Å². The number of esters is 1. The predicted octanol–water partition coefficient (Wildman–Crippen LogP) is 5.23. The molecule has 3 aliphatic rings. The number of nitrogens with zero attached hydrogens (tertiary/aromatic N) is 2. The number of carbonyl (C=O) groups is 1.